The highest BCUT2D eigenvalue weighted by Gasteiger charge is 2.36. The molecule has 174 valence electrons. The first-order chi connectivity index (χ1) is 15.8. The quantitative estimate of drug-likeness (QED) is 0.565. The second kappa shape index (κ2) is 9.76. The summed E-state index contributed by atoms with van der Waals surface area (Å²) in [5, 5.41) is 6.72. The van der Waals surface area contributed by atoms with Gasteiger partial charge in [-0.05, 0) is 50.5 Å². The number of aryl methyl sites for hydroxylation is 2. The summed E-state index contributed by atoms with van der Waals surface area (Å²) >= 11 is 0. The van der Waals surface area contributed by atoms with Crippen LogP contribution in [0.1, 0.15) is 41.2 Å². The monoisotopic (exact) mass is 469 g/mol. The van der Waals surface area contributed by atoms with E-state index in [0.717, 1.165) is 11.1 Å². The highest BCUT2D eigenvalue weighted by Crippen LogP contribution is 2.29. The molecular formula is C24H27N3O5S. The van der Waals surface area contributed by atoms with Crippen molar-refractivity contribution in [2.75, 3.05) is 13.1 Å². The van der Waals surface area contributed by atoms with Gasteiger partial charge in [-0.3, -0.25) is 4.79 Å². The van der Waals surface area contributed by atoms with Crippen LogP contribution in [0.5, 0.6) is 0 Å². The van der Waals surface area contributed by atoms with Crippen molar-refractivity contribution in [1.29, 1.82) is 0 Å². The van der Waals surface area contributed by atoms with E-state index in [2.05, 4.69) is 10.5 Å². The molecule has 1 aliphatic rings. The van der Waals surface area contributed by atoms with Crippen molar-refractivity contribution in [3.05, 3.63) is 71.0 Å². The molecule has 3 aromatic rings. The molecule has 8 nitrogen and oxygen atoms in total. The van der Waals surface area contributed by atoms with Crippen molar-refractivity contribution in [1.82, 2.24) is 14.8 Å². The van der Waals surface area contributed by atoms with Gasteiger partial charge >= 0.3 is 0 Å². The molecule has 0 radical (unpaired) electrons. The average molecular weight is 470 g/mol. The third kappa shape index (κ3) is 5.26. The number of amides is 1. The lowest BCUT2D eigenvalue weighted by Crippen LogP contribution is -2.45. The Hall–Kier alpha value is -3.17. The van der Waals surface area contributed by atoms with E-state index in [9.17, 15) is 13.2 Å². The molecule has 9 heteroatoms. The number of carbonyl (C=O) groups excluding carboxylic acids is 1. The van der Waals surface area contributed by atoms with E-state index < -0.39 is 15.9 Å². The molecule has 33 heavy (non-hydrogen) atoms. The summed E-state index contributed by atoms with van der Waals surface area (Å²) in [4.78, 5) is 12.7. The first kappa shape index (κ1) is 23.0. The minimum Gasteiger partial charge on any atom is -0.467 e. The largest absolute Gasteiger partial charge is 0.467 e. The molecule has 1 atom stereocenters. The summed E-state index contributed by atoms with van der Waals surface area (Å²) in [6.07, 6.45) is 6.17. The van der Waals surface area contributed by atoms with Crippen LogP contribution in [0.2, 0.25) is 0 Å². The van der Waals surface area contributed by atoms with Gasteiger partial charge in [-0.15, -0.1) is 0 Å². The van der Waals surface area contributed by atoms with Gasteiger partial charge in [0.25, 0.3) is 0 Å². The number of nitrogens with zero attached hydrogens (tertiary/aromatic N) is 2. The first-order valence-electron chi connectivity index (χ1n) is 10.9. The molecule has 1 fully saturated rings. The summed E-state index contributed by atoms with van der Waals surface area (Å²) in [5.74, 6) is 0.203. The molecular weight excluding hydrogens is 442 g/mol. The van der Waals surface area contributed by atoms with Crippen molar-refractivity contribution < 1.29 is 22.2 Å². The molecule has 2 aromatic heterocycles. The van der Waals surface area contributed by atoms with Crippen LogP contribution in [0.3, 0.4) is 0 Å². The van der Waals surface area contributed by atoms with Gasteiger partial charge in [-0.2, -0.15) is 4.31 Å². The van der Waals surface area contributed by atoms with Crippen molar-refractivity contribution in [2.45, 2.75) is 38.1 Å². The number of rotatable bonds is 7. The molecule has 0 bridgehead atoms. The number of nitrogens with one attached hydrogen (secondary N) is 1. The summed E-state index contributed by atoms with van der Waals surface area (Å²) in [6, 6.07) is 11.4. The molecule has 0 saturated carbocycles. The Morgan fingerprint density at radius 1 is 1.21 bits per heavy atom. The first-order valence-corrected chi connectivity index (χ1v) is 12.3. The van der Waals surface area contributed by atoms with Crippen LogP contribution in [-0.2, 0) is 21.4 Å². The van der Waals surface area contributed by atoms with Crippen molar-refractivity contribution >= 4 is 28.1 Å². The number of sulfonamides is 1. The lowest BCUT2D eigenvalue weighted by atomic mass is 9.99. The van der Waals surface area contributed by atoms with Crippen molar-refractivity contribution in [3.8, 4) is 0 Å². The Morgan fingerprint density at radius 2 is 2.00 bits per heavy atom. The topological polar surface area (TPSA) is 106 Å². The molecule has 0 spiro atoms. The maximum Gasteiger partial charge on any atom is 0.248 e. The zero-order chi connectivity index (χ0) is 23.4. The molecule has 1 N–H and O–H groups in total. The number of aromatic nitrogens is 1. The van der Waals surface area contributed by atoms with Crippen LogP contribution in [0.25, 0.3) is 12.2 Å². The van der Waals surface area contributed by atoms with E-state index >= 15 is 0 Å². The smallest absolute Gasteiger partial charge is 0.248 e. The van der Waals surface area contributed by atoms with Crippen LogP contribution >= 0.6 is 0 Å². The van der Waals surface area contributed by atoms with Gasteiger partial charge in [-0.25, -0.2) is 8.42 Å². The molecule has 0 aliphatic carbocycles. The summed E-state index contributed by atoms with van der Waals surface area (Å²) in [6.45, 7) is 4.33. The van der Waals surface area contributed by atoms with Crippen LogP contribution in [0.15, 0.2) is 56.5 Å². The number of hydrogen-bond donors (Lipinski definition) is 1. The van der Waals surface area contributed by atoms with Crippen LogP contribution in [0.4, 0.5) is 0 Å². The molecule has 1 amide bonds. The standard InChI is InChI=1S/C24H27N3O5S/c1-17-7-9-19(10-8-17)11-12-22-23(18(2)26-32-22)33(29,30)27-13-3-5-20(16-27)24(28)25-15-21-6-4-14-31-21/h4,6-12,14,20H,3,5,13,15-16H2,1-2H3,(H,25,28)/b12-11+. The summed E-state index contributed by atoms with van der Waals surface area (Å²) in [5.41, 5.74) is 2.35. The fourth-order valence-corrected chi connectivity index (χ4v) is 5.66. The highest BCUT2D eigenvalue weighted by atomic mass is 32.2. The lowest BCUT2D eigenvalue weighted by Gasteiger charge is -2.31. The van der Waals surface area contributed by atoms with E-state index in [1.54, 1.807) is 37.5 Å². The Kier molecular flexibility index (Phi) is 6.80. The van der Waals surface area contributed by atoms with Gasteiger partial charge in [0, 0.05) is 13.1 Å². The molecule has 1 unspecified atom stereocenters. The Labute approximate surface area is 193 Å². The number of furan rings is 1. The molecule has 1 saturated heterocycles. The van der Waals surface area contributed by atoms with E-state index in [1.165, 1.54) is 4.31 Å². The Morgan fingerprint density at radius 3 is 2.73 bits per heavy atom. The summed E-state index contributed by atoms with van der Waals surface area (Å²) < 4.78 is 38.9. The van der Waals surface area contributed by atoms with Crippen LogP contribution < -0.4 is 5.32 Å². The normalized spacial score (nSPS) is 17.5. The highest BCUT2D eigenvalue weighted by molar-refractivity contribution is 7.89. The van der Waals surface area contributed by atoms with Gasteiger partial charge in [0.15, 0.2) is 10.7 Å². The van der Waals surface area contributed by atoms with Crippen LogP contribution in [-0.4, -0.2) is 36.9 Å². The van der Waals surface area contributed by atoms with Crippen molar-refractivity contribution in [3.63, 3.8) is 0 Å². The fraction of sp³-hybridized carbons (Fsp3) is 0.333. The number of piperidine rings is 1. The second-order valence-electron chi connectivity index (χ2n) is 8.20. The molecule has 1 aliphatic heterocycles. The summed E-state index contributed by atoms with van der Waals surface area (Å²) in [7, 11) is -3.89. The van der Waals surface area contributed by atoms with E-state index in [-0.39, 0.29) is 29.7 Å². The van der Waals surface area contributed by atoms with Gasteiger partial charge in [0.05, 0.1) is 18.7 Å². The molecule has 4 rings (SSSR count). The minimum atomic E-state index is -3.89. The van der Waals surface area contributed by atoms with E-state index in [0.29, 0.717) is 30.8 Å². The maximum atomic E-state index is 13.5. The molecule has 3 heterocycles. The third-order valence-corrected chi connectivity index (χ3v) is 7.73. The zero-order valence-corrected chi connectivity index (χ0v) is 19.5. The predicted octanol–water partition coefficient (Wildman–Crippen LogP) is 3.77. The second-order valence-corrected chi connectivity index (χ2v) is 10.1. The zero-order valence-electron chi connectivity index (χ0n) is 18.7. The van der Waals surface area contributed by atoms with E-state index in [4.69, 9.17) is 8.94 Å². The lowest BCUT2D eigenvalue weighted by molar-refractivity contribution is -0.126. The Balaban J connectivity index is 1.50. The van der Waals surface area contributed by atoms with Gasteiger partial charge in [0.1, 0.15) is 11.5 Å². The van der Waals surface area contributed by atoms with Crippen molar-refractivity contribution in [2.24, 2.45) is 5.92 Å². The van der Waals surface area contributed by atoms with Gasteiger partial charge in [0.2, 0.25) is 15.9 Å². The van der Waals surface area contributed by atoms with Gasteiger partial charge in [-0.1, -0.05) is 41.1 Å². The Bertz CT molecular complexity index is 1230. The number of benzene rings is 1. The minimum absolute atomic E-state index is 0.0440. The fourth-order valence-electron chi connectivity index (χ4n) is 3.88. The van der Waals surface area contributed by atoms with E-state index in [1.807, 2.05) is 31.2 Å². The predicted molar refractivity (Wildman–Crippen MR) is 123 cm³/mol. The van der Waals surface area contributed by atoms with Gasteiger partial charge < -0.3 is 14.3 Å². The SMILES string of the molecule is Cc1ccc(/C=C/c2onc(C)c2S(=O)(=O)N2CCCC(C(=O)NCc3ccco3)C2)cc1. The maximum absolute atomic E-state index is 13.5. The number of hydrogen-bond acceptors (Lipinski definition) is 6. The molecule has 1 aromatic carbocycles. The average Bonchev–Trinajstić information content (AvgIpc) is 3.47. The third-order valence-electron chi connectivity index (χ3n) is 5.71. The van der Waals surface area contributed by atoms with Crippen LogP contribution in [0, 0.1) is 19.8 Å². The number of carbonyl (C=O) groups is 1.